The summed E-state index contributed by atoms with van der Waals surface area (Å²) >= 11 is 1.59. The van der Waals surface area contributed by atoms with Crippen molar-refractivity contribution in [1.82, 2.24) is 4.90 Å². The summed E-state index contributed by atoms with van der Waals surface area (Å²) in [5.74, 6) is -0.439. The van der Waals surface area contributed by atoms with Gasteiger partial charge in [0.1, 0.15) is 6.04 Å². The predicted molar refractivity (Wildman–Crippen MR) is 88.4 cm³/mol. The Morgan fingerprint density at radius 3 is 2.64 bits per heavy atom. The standard InChI is InChI=1S/C17H25NO3S/c1-4-21-17(20)12(2)18(3)16(19)15-11-13-9-7-5-6-8-10-14(13)22-15/h11-12H,4-10H2,1-3H3. The van der Waals surface area contributed by atoms with Crippen molar-refractivity contribution >= 4 is 23.2 Å². The van der Waals surface area contributed by atoms with Crippen LogP contribution < -0.4 is 0 Å². The molecule has 4 nitrogen and oxygen atoms in total. The van der Waals surface area contributed by atoms with E-state index in [-0.39, 0.29) is 11.9 Å². The van der Waals surface area contributed by atoms with Gasteiger partial charge in [0.15, 0.2) is 0 Å². The quantitative estimate of drug-likeness (QED) is 0.798. The first kappa shape index (κ1) is 17.0. The van der Waals surface area contributed by atoms with Crippen molar-refractivity contribution in [2.24, 2.45) is 0 Å². The SMILES string of the molecule is CCOC(=O)C(C)N(C)C(=O)c1cc2c(s1)CCCCCC2. The Morgan fingerprint density at radius 2 is 1.95 bits per heavy atom. The van der Waals surface area contributed by atoms with Crippen LogP contribution in [-0.4, -0.2) is 36.5 Å². The van der Waals surface area contributed by atoms with Gasteiger partial charge in [-0.15, -0.1) is 11.3 Å². The fraction of sp³-hybridized carbons (Fsp3) is 0.647. The highest BCUT2D eigenvalue weighted by Crippen LogP contribution is 2.29. The predicted octanol–water partition coefficient (Wildman–Crippen LogP) is 3.43. The number of hydrogen-bond acceptors (Lipinski definition) is 4. The summed E-state index contributed by atoms with van der Waals surface area (Å²) in [6, 6.07) is 1.47. The van der Waals surface area contributed by atoms with Gasteiger partial charge in [-0.25, -0.2) is 4.79 Å². The lowest BCUT2D eigenvalue weighted by Crippen LogP contribution is -2.41. The first-order valence-corrected chi connectivity index (χ1v) is 8.91. The zero-order valence-electron chi connectivity index (χ0n) is 13.7. The Morgan fingerprint density at radius 1 is 1.27 bits per heavy atom. The Kier molecular flexibility index (Phi) is 6.00. The van der Waals surface area contributed by atoms with Crippen LogP contribution in [0.1, 0.15) is 59.6 Å². The molecule has 0 aromatic carbocycles. The Hall–Kier alpha value is -1.36. The van der Waals surface area contributed by atoms with E-state index >= 15 is 0 Å². The number of carbonyl (C=O) groups excluding carboxylic acids is 2. The number of nitrogens with zero attached hydrogens (tertiary/aromatic N) is 1. The minimum absolute atomic E-state index is 0.0858. The monoisotopic (exact) mass is 323 g/mol. The summed E-state index contributed by atoms with van der Waals surface area (Å²) < 4.78 is 5.00. The molecule has 2 rings (SSSR count). The number of aryl methyl sites for hydroxylation is 2. The first-order valence-electron chi connectivity index (χ1n) is 8.10. The first-order chi connectivity index (χ1) is 10.5. The molecular formula is C17H25NO3S. The van der Waals surface area contributed by atoms with Crippen molar-refractivity contribution < 1.29 is 14.3 Å². The van der Waals surface area contributed by atoms with Gasteiger partial charge in [0, 0.05) is 11.9 Å². The van der Waals surface area contributed by atoms with Crippen LogP contribution in [0, 0.1) is 0 Å². The Labute approximate surface area is 136 Å². The van der Waals surface area contributed by atoms with Gasteiger partial charge in [-0.1, -0.05) is 12.8 Å². The maximum atomic E-state index is 12.6. The topological polar surface area (TPSA) is 46.6 Å². The van der Waals surface area contributed by atoms with Crippen molar-refractivity contribution in [1.29, 1.82) is 0 Å². The molecular weight excluding hydrogens is 298 g/mol. The summed E-state index contributed by atoms with van der Waals surface area (Å²) in [4.78, 5) is 28.0. The fourth-order valence-electron chi connectivity index (χ4n) is 2.72. The number of fused-ring (bicyclic) bond motifs is 1. The molecule has 1 aliphatic carbocycles. The molecule has 0 fully saturated rings. The number of hydrogen-bond donors (Lipinski definition) is 0. The van der Waals surface area contributed by atoms with Crippen LogP contribution in [0.25, 0.3) is 0 Å². The number of esters is 1. The summed E-state index contributed by atoms with van der Waals surface area (Å²) in [5, 5.41) is 0. The van der Waals surface area contributed by atoms with Gasteiger partial charge < -0.3 is 9.64 Å². The highest BCUT2D eigenvalue weighted by molar-refractivity contribution is 7.14. The molecule has 1 amide bonds. The van der Waals surface area contributed by atoms with Crippen molar-refractivity contribution in [2.75, 3.05) is 13.7 Å². The molecule has 1 atom stereocenters. The summed E-state index contributed by atoms with van der Waals surface area (Å²) in [7, 11) is 1.67. The molecule has 1 aromatic rings. The smallest absolute Gasteiger partial charge is 0.328 e. The lowest BCUT2D eigenvalue weighted by atomic mass is 10.00. The molecule has 0 saturated carbocycles. The maximum Gasteiger partial charge on any atom is 0.328 e. The van der Waals surface area contributed by atoms with Crippen molar-refractivity contribution in [3.8, 4) is 0 Å². The van der Waals surface area contributed by atoms with E-state index in [0.717, 1.165) is 17.7 Å². The number of rotatable bonds is 4. The van der Waals surface area contributed by atoms with Crippen LogP contribution in [-0.2, 0) is 22.4 Å². The number of thiophene rings is 1. The van der Waals surface area contributed by atoms with Crippen LogP contribution in [0.15, 0.2) is 6.07 Å². The van der Waals surface area contributed by atoms with E-state index in [0.29, 0.717) is 6.61 Å². The van der Waals surface area contributed by atoms with E-state index < -0.39 is 6.04 Å². The van der Waals surface area contributed by atoms with Crippen molar-refractivity contribution in [2.45, 2.75) is 58.4 Å². The summed E-state index contributed by atoms with van der Waals surface area (Å²) in [5.41, 5.74) is 1.32. The molecule has 5 heteroatoms. The molecule has 22 heavy (non-hydrogen) atoms. The van der Waals surface area contributed by atoms with E-state index in [9.17, 15) is 9.59 Å². The van der Waals surface area contributed by atoms with Crippen LogP contribution in [0.5, 0.6) is 0 Å². The number of likely N-dealkylation sites (N-methyl/N-ethyl adjacent to an activating group) is 1. The van der Waals surface area contributed by atoms with Gasteiger partial charge in [-0.3, -0.25) is 4.79 Å². The molecule has 0 radical (unpaired) electrons. The zero-order chi connectivity index (χ0) is 16.1. The van der Waals surface area contributed by atoms with E-state index in [1.807, 2.05) is 6.07 Å². The third kappa shape index (κ3) is 3.88. The van der Waals surface area contributed by atoms with Gasteiger partial charge in [-0.05, 0) is 51.2 Å². The highest BCUT2D eigenvalue weighted by Gasteiger charge is 2.26. The molecule has 1 aromatic heterocycles. The van der Waals surface area contributed by atoms with Gasteiger partial charge in [0.25, 0.3) is 5.91 Å². The average molecular weight is 323 g/mol. The Balaban J connectivity index is 2.11. The minimum atomic E-state index is -0.558. The van der Waals surface area contributed by atoms with Crippen molar-refractivity contribution in [3.63, 3.8) is 0 Å². The minimum Gasteiger partial charge on any atom is -0.464 e. The third-order valence-electron chi connectivity index (χ3n) is 4.24. The molecule has 0 bridgehead atoms. The lowest BCUT2D eigenvalue weighted by Gasteiger charge is -2.22. The highest BCUT2D eigenvalue weighted by atomic mass is 32.1. The van der Waals surface area contributed by atoms with Crippen LogP contribution >= 0.6 is 11.3 Å². The molecule has 0 aliphatic heterocycles. The van der Waals surface area contributed by atoms with E-state index in [2.05, 4.69) is 0 Å². The van der Waals surface area contributed by atoms with Crippen molar-refractivity contribution in [3.05, 3.63) is 21.4 Å². The largest absolute Gasteiger partial charge is 0.464 e. The van der Waals surface area contributed by atoms with E-state index in [1.165, 1.54) is 41.0 Å². The third-order valence-corrected chi connectivity index (χ3v) is 5.46. The van der Waals surface area contributed by atoms with Crippen LogP contribution in [0.4, 0.5) is 0 Å². The molecule has 1 aliphatic rings. The number of carbonyl (C=O) groups is 2. The van der Waals surface area contributed by atoms with E-state index in [1.54, 1.807) is 32.2 Å². The summed E-state index contributed by atoms with van der Waals surface area (Å²) in [6.45, 7) is 3.81. The second-order valence-electron chi connectivity index (χ2n) is 5.82. The number of ether oxygens (including phenoxy) is 1. The molecule has 0 saturated heterocycles. The fourth-order valence-corrected chi connectivity index (χ4v) is 3.96. The number of amides is 1. The molecule has 122 valence electrons. The average Bonchev–Trinajstić information content (AvgIpc) is 2.87. The van der Waals surface area contributed by atoms with Gasteiger partial charge in [0.05, 0.1) is 11.5 Å². The van der Waals surface area contributed by atoms with Gasteiger partial charge in [0.2, 0.25) is 0 Å². The molecule has 0 spiro atoms. The van der Waals surface area contributed by atoms with Gasteiger partial charge in [-0.2, -0.15) is 0 Å². The van der Waals surface area contributed by atoms with Crippen LogP contribution in [0.3, 0.4) is 0 Å². The molecule has 1 unspecified atom stereocenters. The lowest BCUT2D eigenvalue weighted by molar-refractivity contribution is -0.147. The zero-order valence-corrected chi connectivity index (χ0v) is 14.5. The van der Waals surface area contributed by atoms with Crippen LogP contribution in [0.2, 0.25) is 0 Å². The molecule has 1 heterocycles. The normalized spacial score (nSPS) is 16.1. The van der Waals surface area contributed by atoms with Gasteiger partial charge >= 0.3 is 5.97 Å². The Bertz CT molecular complexity index is 513. The van der Waals surface area contributed by atoms with E-state index in [4.69, 9.17) is 4.74 Å². The second-order valence-corrected chi connectivity index (χ2v) is 6.95. The second kappa shape index (κ2) is 7.77. The maximum absolute atomic E-state index is 12.6. The summed E-state index contributed by atoms with van der Waals surface area (Å²) in [6.07, 6.45) is 7.10. The molecule has 0 N–H and O–H groups in total.